The van der Waals surface area contributed by atoms with Crippen LogP contribution in [0.25, 0.3) is 0 Å². The Labute approximate surface area is 145 Å². The molecule has 0 atom stereocenters. The fourth-order valence-corrected chi connectivity index (χ4v) is 2.72. The minimum absolute atomic E-state index is 0.211. The van der Waals surface area contributed by atoms with Gasteiger partial charge in [-0.3, -0.25) is 0 Å². The maximum absolute atomic E-state index is 11.6. The van der Waals surface area contributed by atoms with E-state index < -0.39 is 0 Å². The molecule has 1 aliphatic heterocycles. The molecule has 21 heavy (non-hydrogen) atoms. The molecule has 0 fully saturated rings. The summed E-state index contributed by atoms with van der Waals surface area (Å²) in [6, 6.07) is 0. The van der Waals surface area contributed by atoms with Crippen molar-refractivity contribution in [2.75, 3.05) is 0 Å². The molecule has 4 heteroatoms. The van der Waals surface area contributed by atoms with Gasteiger partial charge in [-0.2, -0.15) is 0 Å². The largest absolute Gasteiger partial charge is 0.421 e. The topological polar surface area (TPSA) is 26.3 Å². The number of unbranched alkanes of at least 4 members (excludes halogenated alkanes) is 9. The molecule has 0 amide bonds. The molecule has 2 nitrogen and oxygen atoms in total. The van der Waals surface area contributed by atoms with E-state index >= 15 is 0 Å². The summed E-state index contributed by atoms with van der Waals surface area (Å²) in [5.41, 5.74) is 0.773. The Morgan fingerprint density at radius 1 is 1.10 bits per heavy atom. The summed E-state index contributed by atoms with van der Waals surface area (Å²) >= 11 is 6.51. The number of hydrogen-bond acceptors (Lipinski definition) is 2. The van der Waals surface area contributed by atoms with Crippen molar-refractivity contribution in [1.29, 1.82) is 0 Å². The number of carbonyl (C=O) groups is 1. The number of hydrogen-bond donors (Lipinski definition) is 0. The van der Waals surface area contributed by atoms with E-state index in [1.165, 1.54) is 44.9 Å². The molecule has 119 valence electrons. The van der Waals surface area contributed by atoms with Gasteiger partial charge in [0.05, 0.1) is 0 Å². The van der Waals surface area contributed by atoms with Crippen molar-refractivity contribution in [1.82, 2.24) is 0 Å². The Morgan fingerprint density at radius 2 is 1.76 bits per heavy atom. The second-order valence-corrected chi connectivity index (χ2v) is 8.07. The van der Waals surface area contributed by atoms with Crippen molar-refractivity contribution < 1.29 is 9.53 Å². The number of carbonyl (C=O) groups excluding carboxylic acids is 1. The number of esters is 1. The molecule has 0 N–H and O–H groups in total. The second kappa shape index (κ2) is 11.5. The quantitative estimate of drug-likeness (QED) is 0.279. The molecule has 0 aromatic heterocycles. The van der Waals surface area contributed by atoms with Gasteiger partial charge in [0.2, 0.25) is 0 Å². The summed E-state index contributed by atoms with van der Waals surface area (Å²) in [6.07, 6.45) is 16.4. The highest BCUT2D eigenvalue weighted by atomic mass is 79.9. The van der Waals surface area contributed by atoms with Gasteiger partial charge < -0.3 is 4.74 Å². The van der Waals surface area contributed by atoms with Gasteiger partial charge in [0.25, 0.3) is 0 Å². The van der Waals surface area contributed by atoms with Crippen molar-refractivity contribution in [3.63, 3.8) is 0 Å². The van der Waals surface area contributed by atoms with Gasteiger partial charge >= 0.3 is 5.97 Å². The third-order valence-electron chi connectivity index (χ3n) is 3.57. The van der Waals surface area contributed by atoms with E-state index in [-0.39, 0.29) is 5.97 Å². The lowest BCUT2D eigenvalue weighted by Crippen LogP contribution is -1.99. The van der Waals surface area contributed by atoms with Gasteiger partial charge in [-0.05, 0) is 63.6 Å². The minimum atomic E-state index is -0.211. The molecule has 0 saturated heterocycles. The summed E-state index contributed by atoms with van der Waals surface area (Å²) in [4.78, 5) is 11.6. The molecule has 0 unspecified atom stereocenters. The third-order valence-corrected chi connectivity index (χ3v) is 4.35. The molecule has 0 saturated carbocycles. The summed E-state index contributed by atoms with van der Waals surface area (Å²) in [6.45, 7) is 2.25. The van der Waals surface area contributed by atoms with Crippen LogP contribution in [0.15, 0.2) is 20.8 Å². The highest BCUT2D eigenvalue weighted by Crippen LogP contribution is 2.29. The maximum atomic E-state index is 11.6. The van der Waals surface area contributed by atoms with Gasteiger partial charge in [-0.1, -0.05) is 51.9 Å². The fraction of sp³-hybridized carbons (Fsp3) is 0.647. The van der Waals surface area contributed by atoms with E-state index in [2.05, 4.69) is 45.2 Å². The third kappa shape index (κ3) is 8.20. The lowest BCUT2D eigenvalue weighted by atomic mass is 10.0. The standard InChI is InChI=1S/C17H25Br2O2/c1-2-3-4-5-6-7-8-9-10-11-12-14-13-15(16(18)19)21-17(14)20/h9,13H,2-8,10-12H2,1H3. The van der Waals surface area contributed by atoms with Crippen LogP contribution >= 0.6 is 31.9 Å². The van der Waals surface area contributed by atoms with Crippen LogP contribution < -0.4 is 0 Å². The van der Waals surface area contributed by atoms with Crippen LogP contribution in [-0.2, 0) is 9.53 Å². The molecular formula is C17H25Br2O2. The Kier molecular flexibility index (Phi) is 10.4. The molecule has 1 aliphatic rings. The van der Waals surface area contributed by atoms with Gasteiger partial charge in [0.15, 0.2) is 5.76 Å². The van der Waals surface area contributed by atoms with Gasteiger partial charge in [0.1, 0.15) is 3.39 Å². The van der Waals surface area contributed by atoms with Crippen molar-refractivity contribution in [3.05, 3.63) is 27.2 Å². The Bertz CT molecular complexity index is 382. The van der Waals surface area contributed by atoms with Crippen molar-refractivity contribution in [2.24, 2.45) is 0 Å². The number of ether oxygens (including phenoxy) is 1. The lowest BCUT2D eigenvalue weighted by molar-refractivity contribution is -0.133. The SMILES string of the molecule is CCCCCCCC[CH]CCCC1=CC(=C(Br)Br)OC1=O. The summed E-state index contributed by atoms with van der Waals surface area (Å²) in [5, 5.41) is 0. The molecule has 1 radical (unpaired) electrons. The monoisotopic (exact) mass is 419 g/mol. The Hall–Kier alpha value is -0.0900. The summed E-state index contributed by atoms with van der Waals surface area (Å²) in [7, 11) is 0. The zero-order chi connectivity index (χ0) is 15.5. The number of cyclic esters (lactones) is 1. The van der Waals surface area contributed by atoms with Crippen LogP contribution in [0, 0.1) is 6.42 Å². The Balaban J connectivity index is 2.01. The lowest BCUT2D eigenvalue weighted by Gasteiger charge is -2.02. The van der Waals surface area contributed by atoms with Crippen LogP contribution in [0.2, 0.25) is 0 Å². The highest BCUT2D eigenvalue weighted by molar-refractivity contribution is 9.28. The molecule has 1 rings (SSSR count). The van der Waals surface area contributed by atoms with Crippen LogP contribution in [0.1, 0.15) is 71.1 Å². The molecule has 0 bridgehead atoms. The van der Waals surface area contributed by atoms with Crippen molar-refractivity contribution in [3.8, 4) is 0 Å². The first-order valence-corrected chi connectivity index (χ1v) is 9.53. The van der Waals surface area contributed by atoms with E-state index in [1.807, 2.05) is 6.08 Å². The fourth-order valence-electron chi connectivity index (χ4n) is 2.33. The molecular weight excluding hydrogens is 396 g/mol. The molecule has 0 aromatic carbocycles. The van der Waals surface area contributed by atoms with Gasteiger partial charge in [-0.15, -0.1) is 0 Å². The van der Waals surface area contributed by atoms with Crippen LogP contribution in [0.3, 0.4) is 0 Å². The molecule has 0 aliphatic carbocycles. The zero-order valence-corrected chi connectivity index (χ0v) is 16.0. The number of allylic oxidation sites excluding steroid dienone is 1. The van der Waals surface area contributed by atoms with Crippen LogP contribution in [0.5, 0.6) is 0 Å². The first-order valence-electron chi connectivity index (χ1n) is 7.94. The normalized spacial score (nSPS) is 14.3. The Morgan fingerprint density at radius 3 is 2.43 bits per heavy atom. The predicted molar refractivity (Wildman–Crippen MR) is 95.2 cm³/mol. The summed E-state index contributed by atoms with van der Waals surface area (Å²) < 4.78 is 5.81. The van der Waals surface area contributed by atoms with Crippen molar-refractivity contribution >= 4 is 37.8 Å². The maximum Gasteiger partial charge on any atom is 0.339 e. The highest BCUT2D eigenvalue weighted by Gasteiger charge is 2.21. The van der Waals surface area contributed by atoms with E-state index in [0.29, 0.717) is 9.15 Å². The number of halogens is 2. The summed E-state index contributed by atoms with van der Waals surface area (Å²) in [5.74, 6) is 0.364. The average molecular weight is 421 g/mol. The van der Waals surface area contributed by atoms with Gasteiger partial charge in [-0.25, -0.2) is 4.79 Å². The second-order valence-electron chi connectivity index (χ2n) is 5.42. The van der Waals surface area contributed by atoms with E-state index in [9.17, 15) is 4.79 Å². The zero-order valence-electron chi connectivity index (χ0n) is 12.8. The first kappa shape index (κ1) is 19.0. The van der Waals surface area contributed by atoms with Crippen molar-refractivity contribution in [2.45, 2.75) is 71.1 Å². The molecule has 0 spiro atoms. The predicted octanol–water partition coefficient (Wildman–Crippen LogP) is 6.55. The molecule has 1 heterocycles. The van der Waals surface area contributed by atoms with E-state index in [0.717, 1.165) is 24.8 Å². The smallest absolute Gasteiger partial charge is 0.339 e. The average Bonchev–Trinajstić information content (AvgIpc) is 2.82. The first-order chi connectivity index (χ1) is 10.1. The minimum Gasteiger partial charge on any atom is -0.421 e. The van der Waals surface area contributed by atoms with Crippen LogP contribution in [0.4, 0.5) is 0 Å². The molecule has 0 aromatic rings. The number of rotatable bonds is 11. The van der Waals surface area contributed by atoms with Crippen LogP contribution in [-0.4, -0.2) is 5.97 Å². The van der Waals surface area contributed by atoms with E-state index in [1.54, 1.807) is 0 Å². The van der Waals surface area contributed by atoms with E-state index in [4.69, 9.17) is 4.74 Å². The van der Waals surface area contributed by atoms with Gasteiger partial charge in [0, 0.05) is 5.57 Å².